The highest BCUT2D eigenvalue weighted by molar-refractivity contribution is 7.12. The van der Waals surface area contributed by atoms with Gasteiger partial charge < -0.3 is 14.8 Å². The first-order valence-electron chi connectivity index (χ1n) is 7.97. The van der Waals surface area contributed by atoms with Gasteiger partial charge in [-0.15, -0.1) is 11.3 Å². The number of aryl methyl sites for hydroxylation is 1. The summed E-state index contributed by atoms with van der Waals surface area (Å²) in [7, 11) is 1.56. The lowest BCUT2D eigenvalue weighted by Gasteiger charge is -2.10. The van der Waals surface area contributed by atoms with Crippen molar-refractivity contribution in [3.05, 3.63) is 75.7 Å². The molecule has 0 saturated carbocycles. The van der Waals surface area contributed by atoms with E-state index in [1.54, 1.807) is 25.3 Å². The summed E-state index contributed by atoms with van der Waals surface area (Å²) in [6.07, 6.45) is 0. The van der Waals surface area contributed by atoms with Crippen LogP contribution < -0.4 is 14.8 Å². The number of hydrogen-bond donors (Lipinski definition) is 1. The molecule has 0 atom stereocenters. The molecule has 4 nitrogen and oxygen atoms in total. The Labute approximate surface area is 155 Å². The average molecular weight is 371 g/mol. The standard InChI is InChI=1S/C20H18FNO3S/c1-13-6-7-18(24-2)17(8-13)22-20(23)19-9-14(12-26-19)11-25-16-5-3-4-15(21)10-16/h3-10,12H,11H2,1-2H3,(H,22,23). The second-order valence-electron chi connectivity index (χ2n) is 5.72. The number of halogens is 1. The van der Waals surface area contributed by atoms with Crippen molar-refractivity contribution in [3.8, 4) is 11.5 Å². The molecule has 1 amide bonds. The van der Waals surface area contributed by atoms with Gasteiger partial charge in [-0.05, 0) is 48.2 Å². The second kappa shape index (κ2) is 8.01. The number of rotatable bonds is 6. The molecule has 0 aliphatic rings. The lowest BCUT2D eigenvalue weighted by atomic mass is 10.2. The van der Waals surface area contributed by atoms with Crippen molar-refractivity contribution in [3.63, 3.8) is 0 Å². The van der Waals surface area contributed by atoms with Crippen molar-refractivity contribution in [1.82, 2.24) is 0 Å². The third-order valence-electron chi connectivity index (χ3n) is 3.68. The number of benzene rings is 2. The molecule has 0 saturated heterocycles. The number of carbonyl (C=O) groups excluding carboxylic acids is 1. The fourth-order valence-electron chi connectivity index (χ4n) is 2.40. The molecule has 3 aromatic rings. The number of thiophene rings is 1. The molecule has 0 spiro atoms. The Morgan fingerprint density at radius 2 is 2.04 bits per heavy atom. The Morgan fingerprint density at radius 3 is 2.81 bits per heavy atom. The van der Waals surface area contributed by atoms with E-state index in [0.29, 0.717) is 22.1 Å². The van der Waals surface area contributed by atoms with E-state index in [2.05, 4.69) is 5.32 Å². The van der Waals surface area contributed by atoms with Gasteiger partial charge in [0.2, 0.25) is 0 Å². The number of anilines is 1. The normalized spacial score (nSPS) is 10.4. The summed E-state index contributed by atoms with van der Waals surface area (Å²) in [5.74, 6) is 0.498. The molecule has 0 fully saturated rings. The first-order chi connectivity index (χ1) is 12.5. The maximum absolute atomic E-state index is 13.2. The summed E-state index contributed by atoms with van der Waals surface area (Å²) in [6.45, 7) is 2.21. The van der Waals surface area contributed by atoms with Crippen LogP contribution >= 0.6 is 11.3 Å². The molecule has 3 rings (SSSR count). The molecular formula is C20H18FNO3S. The van der Waals surface area contributed by atoms with Gasteiger partial charge in [-0.25, -0.2) is 4.39 Å². The van der Waals surface area contributed by atoms with E-state index >= 15 is 0 Å². The van der Waals surface area contributed by atoms with Crippen LogP contribution in [0, 0.1) is 12.7 Å². The first-order valence-corrected chi connectivity index (χ1v) is 8.85. The lowest BCUT2D eigenvalue weighted by Crippen LogP contribution is -2.11. The Kier molecular flexibility index (Phi) is 5.53. The first kappa shape index (κ1) is 17.9. The monoisotopic (exact) mass is 371 g/mol. The molecule has 0 bridgehead atoms. The van der Waals surface area contributed by atoms with Crippen LogP contribution in [0.25, 0.3) is 0 Å². The molecule has 134 valence electrons. The van der Waals surface area contributed by atoms with Crippen molar-refractivity contribution < 1.29 is 18.7 Å². The Balaban J connectivity index is 1.65. The topological polar surface area (TPSA) is 47.6 Å². The molecule has 6 heteroatoms. The molecule has 2 aromatic carbocycles. The largest absolute Gasteiger partial charge is 0.495 e. The molecule has 1 aromatic heterocycles. The number of methoxy groups -OCH3 is 1. The smallest absolute Gasteiger partial charge is 0.265 e. The van der Waals surface area contributed by atoms with Gasteiger partial charge in [0.15, 0.2) is 0 Å². The predicted molar refractivity (Wildman–Crippen MR) is 101 cm³/mol. The summed E-state index contributed by atoms with van der Waals surface area (Å²) >= 11 is 1.33. The fourth-order valence-corrected chi connectivity index (χ4v) is 3.19. The van der Waals surface area contributed by atoms with Gasteiger partial charge in [0.25, 0.3) is 5.91 Å². The van der Waals surface area contributed by atoms with Crippen LogP contribution in [0.2, 0.25) is 0 Å². The van der Waals surface area contributed by atoms with Crippen LogP contribution in [0.3, 0.4) is 0 Å². The maximum Gasteiger partial charge on any atom is 0.265 e. The molecule has 0 radical (unpaired) electrons. The predicted octanol–water partition coefficient (Wildman–Crippen LogP) is 5.04. The van der Waals surface area contributed by atoms with E-state index in [0.717, 1.165) is 11.1 Å². The van der Waals surface area contributed by atoms with Crippen LogP contribution in [0.1, 0.15) is 20.8 Å². The maximum atomic E-state index is 13.2. The van der Waals surface area contributed by atoms with Gasteiger partial charge in [-0.2, -0.15) is 0 Å². The Morgan fingerprint density at radius 1 is 1.19 bits per heavy atom. The molecule has 0 aliphatic carbocycles. The van der Waals surface area contributed by atoms with Crippen LogP contribution in [-0.4, -0.2) is 13.0 Å². The number of amides is 1. The van der Waals surface area contributed by atoms with Crippen molar-refractivity contribution in [2.24, 2.45) is 0 Å². The van der Waals surface area contributed by atoms with Gasteiger partial charge in [0, 0.05) is 11.6 Å². The highest BCUT2D eigenvalue weighted by Gasteiger charge is 2.13. The zero-order chi connectivity index (χ0) is 18.5. The fraction of sp³-hybridized carbons (Fsp3) is 0.150. The van der Waals surface area contributed by atoms with Crippen LogP contribution in [-0.2, 0) is 6.61 Å². The molecule has 26 heavy (non-hydrogen) atoms. The second-order valence-corrected chi connectivity index (χ2v) is 6.63. The van der Waals surface area contributed by atoms with Crippen molar-refractivity contribution >= 4 is 22.9 Å². The lowest BCUT2D eigenvalue weighted by molar-refractivity contribution is 0.103. The summed E-state index contributed by atoms with van der Waals surface area (Å²) in [5, 5.41) is 4.72. The van der Waals surface area contributed by atoms with Gasteiger partial charge in [0.1, 0.15) is 23.9 Å². The zero-order valence-electron chi connectivity index (χ0n) is 14.4. The summed E-state index contributed by atoms with van der Waals surface area (Å²) in [6, 6.07) is 13.3. The third kappa shape index (κ3) is 4.40. The van der Waals surface area contributed by atoms with Crippen molar-refractivity contribution in [2.75, 3.05) is 12.4 Å². The number of ether oxygens (including phenoxy) is 2. The average Bonchev–Trinajstić information content (AvgIpc) is 3.09. The molecule has 0 aliphatic heterocycles. The minimum absolute atomic E-state index is 0.212. The molecule has 1 heterocycles. The zero-order valence-corrected chi connectivity index (χ0v) is 15.2. The van der Waals surface area contributed by atoms with Crippen LogP contribution in [0.5, 0.6) is 11.5 Å². The van der Waals surface area contributed by atoms with E-state index in [9.17, 15) is 9.18 Å². The minimum Gasteiger partial charge on any atom is -0.495 e. The minimum atomic E-state index is -0.347. The summed E-state index contributed by atoms with van der Waals surface area (Å²) in [4.78, 5) is 13.0. The van der Waals surface area contributed by atoms with E-state index in [1.807, 2.05) is 30.5 Å². The van der Waals surface area contributed by atoms with E-state index in [1.165, 1.54) is 23.5 Å². The molecule has 1 N–H and O–H groups in total. The quantitative estimate of drug-likeness (QED) is 0.661. The number of carbonyl (C=O) groups is 1. The van der Waals surface area contributed by atoms with Crippen molar-refractivity contribution in [1.29, 1.82) is 0 Å². The highest BCUT2D eigenvalue weighted by Crippen LogP contribution is 2.27. The van der Waals surface area contributed by atoms with Gasteiger partial charge >= 0.3 is 0 Å². The summed E-state index contributed by atoms with van der Waals surface area (Å²) < 4.78 is 24.0. The van der Waals surface area contributed by atoms with E-state index < -0.39 is 0 Å². The number of hydrogen-bond acceptors (Lipinski definition) is 4. The SMILES string of the molecule is COc1ccc(C)cc1NC(=O)c1cc(COc2cccc(F)c2)cs1. The number of nitrogens with one attached hydrogen (secondary N) is 1. The van der Waals surface area contributed by atoms with Crippen LogP contribution in [0.15, 0.2) is 53.9 Å². The highest BCUT2D eigenvalue weighted by atomic mass is 32.1. The molecule has 0 unspecified atom stereocenters. The Hall–Kier alpha value is -2.86. The van der Waals surface area contributed by atoms with E-state index in [-0.39, 0.29) is 18.3 Å². The van der Waals surface area contributed by atoms with Gasteiger partial charge in [0.05, 0.1) is 17.7 Å². The molecular weight excluding hydrogens is 353 g/mol. The van der Waals surface area contributed by atoms with Gasteiger partial charge in [-0.1, -0.05) is 12.1 Å². The van der Waals surface area contributed by atoms with Crippen LogP contribution in [0.4, 0.5) is 10.1 Å². The third-order valence-corrected chi connectivity index (χ3v) is 4.66. The Bertz CT molecular complexity index is 923. The summed E-state index contributed by atoms with van der Waals surface area (Å²) in [5.41, 5.74) is 2.50. The van der Waals surface area contributed by atoms with Gasteiger partial charge in [-0.3, -0.25) is 4.79 Å². The van der Waals surface area contributed by atoms with Crippen molar-refractivity contribution in [2.45, 2.75) is 13.5 Å². The van der Waals surface area contributed by atoms with E-state index in [4.69, 9.17) is 9.47 Å².